The summed E-state index contributed by atoms with van der Waals surface area (Å²) in [6.07, 6.45) is 6.55. The fraction of sp³-hybridized carbons (Fsp3) is 0.360. The Kier molecular flexibility index (Phi) is 6.87. The minimum atomic E-state index is -0.0207. The Bertz CT molecular complexity index is 1010. The quantitative estimate of drug-likeness (QED) is 0.491. The number of amides is 1. The van der Waals surface area contributed by atoms with Crippen LogP contribution in [0.3, 0.4) is 0 Å². The molecule has 0 spiro atoms. The lowest BCUT2D eigenvalue weighted by Gasteiger charge is -2.16. The summed E-state index contributed by atoms with van der Waals surface area (Å²) in [6, 6.07) is 15.5. The lowest BCUT2D eigenvalue weighted by atomic mass is 10.1. The zero-order chi connectivity index (χ0) is 21.5. The van der Waals surface area contributed by atoms with Crippen LogP contribution in [0.5, 0.6) is 11.5 Å². The van der Waals surface area contributed by atoms with Crippen molar-refractivity contribution in [3.63, 3.8) is 0 Å². The fourth-order valence-electron chi connectivity index (χ4n) is 3.85. The summed E-state index contributed by atoms with van der Waals surface area (Å²) < 4.78 is 13.6. The van der Waals surface area contributed by atoms with Crippen molar-refractivity contribution in [2.24, 2.45) is 0 Å². The summed E-state index contributed by atoms with van der Waals surface area (Å²) in [7, 11) is 0. The first-order chi connectivity index (χ1) is 15.2. The number of aromatic nitrogens is 2. The van der Waals surface area contributed by atoms with Gasteiger partial charge in [0.2, 0.25) is 5.91 Å². The van der Waals surface area contributed by atoms with Gasteiger partial charge in [-0.2, -0.15) is 0 Å². The first kappa shape index (κ1) is 21.0. The molecule has 3 aromatic rings. The summed E-state index contributed by atoms with van der Waals surface area (Å²) in [5, 5.41) is 2.96. The van der Waals surface area contributed by atoms with Gasteiger partial charge in [-0.25, -0.2) is 4.98 Å². The third-order valence-electron chi connectivity index (χ3n) is 5.38. The number of nitrogens with zero attached hydrogens (tertiary/aromatic N) is 2. The van der Waals surface area contributed by atoms with Crippen molar-refractivity contribution in [2.75, 3.05) is 18.5 Å². The standard InChI is InChI=1S/C25H29N3O3/c1-2-30-22-9-3-4-10-23(22)31-17-7-11-24(29)27-20-14-12-19(13-15-20)25-26-18-21-8-5-6-16-28(21)25/h3-4,9-10,12-15,18H,2,5-8,11,16-17H2,1H3,(H,27,29). The fourth-order valence-corrected chi connectivity index (χ4v) is 3.85. The molecular weight excluding hydrogens is 390 g/mol. The molecule has 0 unspecified atom stereocenters. The number of para-hydroxylation sites is 2. The Labute approximate surface area is 183 Å². The van der Waals surface area contributed by atoms with E-state index in [4.69, 9.17) is 9.47 Å². The van der Waals surface area contributed by atoms with E-state index >= 15 is 0 Å². The van der Waals surface area contributed by atoms with E-state index in [2.05, 4.69) is 14.9 Å². The number of rotatable bonds is 9. The Morgan fingerprint density at radius 1 is 1.06 bits per heavy atom. The Hall–Kier alpha value is -3.28. The minimum absolute atomic E-state index is 0.0207. The smallest absolute Gasteiger partial charge is 0.224 e. The van der Waals surface area contributed by atoms with Crippen molar-refractivity contribution in [3.8, 4) is 22.9 Å². The summed E-state index contributed by atoms with van der Waals surface area (Å²) >= 11 is 0. The summed E-state index contributed by atoms with van der Waals surface area (Å²) in [4.78, 5) is 16.9. The maximum Gasteiger partial charge on any atom is 0.224 e. The molecule has 2 heterocycles. The molecule has 31 heavy (non-hydrogen) atoms. The summed E-state index contributed by atoms with van der Waals surface area (Å²) in [6.45, 7) is 4.02. The average Bonchev–Trinajstić information content (AvgIpc) is 3.23. The molecule has 4 rings (SSSR count). The maximum absolute atomic E-state index is 12.3. The predicted octanol–water partition coefficient (Wildman–Crippen LogP) is 5.08. The SMILES string of the molecule is CCOc1ccccc1OCCCC(=O)Nc1ccc(-c2ncc3n2CCCC3)cc1. The van der Waals surface area contributed by atoms with Gasteiger partial charge in [-0.05, 0) is 69.0 Å². The second-order valence-electron chi connectivity index (χ2n) is 7.64. The van der Waals surface area contributed by atoms with Crippen LogP contribution in [0.1, 0.15) is 38.3 Å². The number of ether oxygens (including phenoxy) is 2. The topological polar surface area (TPSA) is 65.4 Å². The van der Waals surface area contributed by atoms with Crippen LogP contribution in [0.2, 0.25) is 0 Å². The monoisotopic (exact) mass is 419 g/mol. The van der Waals surface area contributed by atoms with Crippen LogP contribution < -0.4 is 14.8 Å². The molecule has 0 radical (unpaired) electrons. The highest BCUT2D eigenvalue weighted by molar-refractivity contribution is 5.90. The largest absolute Gasteiger partial charge is 0.490 e. The van der Waals surface area contributed by atoms with Gasteiger partial charge in [-0.3, -0.25) is 4.79 Å². The highest BCUT2D eigenvalue weighted by atomic mass is 16.5. The number of carbonyl (C=O) groups is 1. The number of hydrogen-bond acceptors (Lipinski definition) is 4. The second-order valence-corrected chi connectivity index (χ2v) is 7.64. The number of nitrogens with one attached hydrogen (secondary N) is 1. The van der Waals surface area contributed by atoms with Crippen molar-refractivity contribution in [1.82, 2.24) is 9.55 Å². The van der Waals surface area contributed by atoms with Crippen LogP contribution in [0, 0.1) is 0 Å². The minimum Gasteiger partial charge on any atom is -0.490 e. The van der Waals surface area contributed by atoms with Crippen LogP contribution in [-0.2, 0) is 17.8 Å². The van der Waals surface area contributed by atoms with E-state index in [9.17, 15) is 4.79 Å². The number of benzene rings is 2. The molecule has 0 saturated carbocycles. The molecule has 2 aromatic carbocycles. The van der Waals surface area contributed by atoms with Gasteiger partial charge in [0.1, 0.15) is 5.82 Å². The van der Waals surface area contributed by atoms with Gasteiger partial charge in [0, 0.05) is 36.1 Å². The number of anilines is 1. The number of hydrogen-bond donors (Lipinski definition) is 1. The van der Waals surface area contributed by atoms with E-state index in [1.54, 1.807) is 0 Å². The molecule has 1 aliphatic heterocycles. The molecule has 6 nitrogen and oxygen atoms in total. The molecule has 0 bridgehead atoms. The number of imidazole rings is 1. The van der Waals surface area contributed by atoms with Crippen molar-refractivity contribution in [3.05, 3.63) is 60.4 Å². The van der Waals surface area contributed by atoms with E-state index in [1.807, 2.05) is 61.7 Å². The van der Waals surface area contributed by atoms with E-state index in [0.717, 1.165) is 35.8 Å². The molecule has 1 N–H and O–H groups in total. The highest BCUT2D eigenvalue weighted by Gasteiger charge is 2.15. The van der Waals surface area contributed by atoms with Crippen LogP contribution in [0.4, 0.5) is 5.69 Å². The van der Waals surface area contributed by atoms with Crippen LogP contribution in [0.15, 0.2) is 54.7 Å². The van der Waals surface area contributed by atoms with Crippen LogP contribution in [0.25, 0.3) is 11.4 Å². The van der Waals surface area contributed by atoms with Gasteiger partial charge in [0.25, 0.3) is 0 Å². The average molecular weight is 420 g/mol. The molecule has 162 valence electrons. The second kappa shape index (κ2) is 10.2. The van der Waals surface area contributed by atoms with E-state index in [1.165, 1.54) is 18.5 Å². The highest BCUT2D eigenvalue weighted by Crippen LogP contribution is 2.27. The zero-order valence-electron chi connectivity index (χ0n) is 18.0. The van der Waals surface area contributed by atoms with E-state index < -0.39 is 0 Å². The number of aryl methyl sites for hydroxylation is 1. The normalized spacial score (nSPS) is 12.8. The van der Waals surface area contributed by atoms with Crippen molar-refractivity contribution < 1.29 is 14.3 Å². The van der Waals surface area contributed by atoms with Crippen molar-refractivity contribution in [2.45, 2.75) is 45.6 Å². The first-order valence-corrected chi connectivity index (χ1v) is 11.0. The Morgan fingerprint density at radius 2 is 1.84 bits per heavy atom. The summed E-state index contributed by atoms with van der Waals surface area (Å²) in [5.74, 6) is 2.43. The van der Waals surface area contributed by atoms with Gasteiger partial charge >= 0.3 is 0 Å². The molecule has 0 atom stereocenters. The van der Waals surface area contributed by atoms with Crippen LogP contribution >= 0.6 is 0 Å². The van der Waals surface area contributed by atoms with Gasteiger partial charge < -0.3 is 19.4 Å². The molecule has 0 aliphatic carbocycles. The Balaban J connectivity index is 1.25. The van der Waals surface area contributed by atoms with Gasteiger partial charge in [-0.1, -0.05) is 12.1 Å². The molecule has 1 amide bonds. The summed E-state index contributed by atoms with van der Waals surface area (Å²) in [5.41, 5.74) is 3.18. The van der Waals surface area contributed by atoms with Crippen molar-refractivity contribution in [1.29, 1.82) is 0 Å². The lowest BCUT2D eigenvalue weighted by molar-refractivity contribution is -0.116. The molecule has 1 aromatic heterocycles. The Morgan fingerprint density at radius 3 is 2.61 bits per heavy atom. The molecule has 0 saturated heterocycles. The van der Waals surface area contributed by atoms with Crippen molar-refractivity contribution >= 4 is 11.6 Å². The molecular formula is C25H29N3O3. The first-order valence-electron chi connectivity index (χ1n) is 11.0. The predicted molar refractivity (Wildman–Crippen MR) is 122 cm³/mol. The third kappa shape index (κ3) is 5.26. The van der Waals surface area contributed by atoms with Gasteiger partial charge in [0.05, 0.1) is 13.2 Å². The van der Waals surface area contributed by atoms with E-state index in [0.29, 0.717) is 31.8 Å². The zero-order valence-corrected chi connectivity index (χ0v) is 18.0. The van der Waals surface area contributed by atoms with Gasteiger partial charge in [0.15, 0.2) is 11.5 Å². The molecule has 6 heteroatoms. The lowest BCUT2D eigenvalue weighted by Crippen LogP contribution is -2.13. The number of fused-ring (bicyclic) bond motifs is 1. The molecule has 1 aliphatic rings. The van der Waals surface area contributed by atoms with Gasteiger partial charge in [-0.15, -0.1) is 0 Å². The number of carbonyl (C=O) groups excluding carboxylic acids is 1. The van der Waals surface area contributed by atoms with Crippen LogP contribution in [-0.4, -0.2) is 28.7 Å². The third-order valence-corrected chi connectivity index (χ3v) is 5.38. The maximum atomic E-state index is 12.3. The molecule has 0 fully saturated rings. The van der Waals surface area contributed by atoms with E-state index in [-0.39, 0.29) is 5.91 Å².